The molecule has 1 aromatic rings. The molecule has 0 radical (unpaired) electrons. The number of nitrogens with zero attached hydrogens (tertiary/aromatic N) is 2. The van der Waals surface area contributed by atoms with Crippen LogP contribution in [0.15, 0.2) is 18.3 Å². The molecule has 0 saturated carbocycles. The monoisotopic (exact) mass is 292 g/mol. The van der Waals surface area contributed by atoms with E-state index in [4.69, 9.17) is 18.0 Å². The minimum Gasteiger partial charge on any atom is -0.388 e. The van der Waals surface area contributed by atoms with Gasteiger partial charge in [-0.15, -0.1) is 0 Å². The highest BCUT2D eigenvalue weighted by Gasteiger charge is 2.28. The van der Waals surface area contributed by atoms with Crippen LogP contribution in [-0.4, -0.2) is 40.4 Å². The highest BCUT2D eigenvalue weighted by molar-refractivity contribution is 7.80. The standard InChI is InChI=1S/C14H20N4OS/c1-16-14(19)11-6-2-3-8-18(11)9-10-5-4-7-17-12(10)13(15)20/h4-5,7,11H,2-3,6,8-9H2,1H3,(H2,15,20)(H,16,19). The number of amides is 1. The van der Waals surface area contributed by atoms with Gasteiger partial charge in [-0.05, 0) is 31.0 Å². The van der Waals surface area contributed by atoms with Crippen LogP contribution in [0.5, 0.6) is 0 Å². The number of nitrogens with two attached hydrogens (primary N) is 1. The number of thiocarbonyl (C=S) groups is 1. The van der Waals surface area contributed by atoms with Gasteiger partial charge in [0, 0.05) is 19.8 Å². The van der Waals surface area contributed by atoms with Crippen molar-refractivity contribution in [3.05, 3.63) is 29.6 Å². The van der Waals surface area contributed by atoms with Crippen LogP contribution in [0.1, 0.15) is 30.5 Å². The van der Waals surface area contributed by atoms with Crippen LogP contribution in [0.4, 0.5) is 0 Å². The molecule has 1 atom stereocenters. The zero-order valence-electron chi connectivity index (χ0n) is 11.6. The number of carbonyl (C=O) groups excluding carboxylic acids is 1. The Hall–Kier alpha value is -1.53. The molecule has 5 nitrogen and oxygen atoms in total. The van der Waals surface area contributed by atoms with Gasteiger partial charge in [0.15, 0.2) is 0 Å². The first-order chi connectivity index (χ1) is 9.63. The number of carbonyl (C=O) groups is 1. The molecule has 1 amide bonds. The lowest BCUT2D eigenvalue weighted by molar-refractivity contribution is -0.127. The molecular formula is C14H20N4OS. The first-order valence-electron chi connectivity index (χ1n) is 6.83. The molecule has 6 heteroatoms. The van der Waals surface area contributed by atoms with Gasteiger partial charge in [0.05, 0.1) is 6.04 Å². The number of aromatic nitrogens is 1. The largest absolute Gasteiger partial charge is 0.388 e. The van der Waals surface area contributed by atoms with Gasteiger partial charge < -0.3 is 11.1 Å². The maximum absolute atomic E-state index is 12.0. The number of likely N-dealkylation sites (tertiary alicyclic amines) is 1. The quantitative estimate of drug-likeness (QED) is 0.804. The van der Waals surface area contributed by atoms with Gasteiger partial charge in [-0.2, -0.15) is 0 Å². The molecule has 1 aromatic heterocycles. The van der Waals surface area contributed by atoms with Gasteiger partial charge in [-0.1, -0.05) is 24.7 Å². The summed E-state index contributed by atoms with van der Waals surface area (Å²) in [7, 11) is 1.68. The van der Waals surface area contributed by atoms with Crippen LogP contribution in [0.2, 0.25) is 0 Å². The molecule has 2 heterocycles. The zero-order valence-corrected chi connectivity index (χ0v) is 12.4. The van der Waals surface area contributed by atoms with Crippen molar-refractivity contribution in [1.82, 2.24) is 15.2 Å². The number of piperidine rings is 1. The van der Waals surface area contributed by atoms with Crippen molar-refractivity contribution in [2.45, 2.75) is 31.8 Å². The minimum absolute atomic E-state index is 0.0745. The second-order valence-electron chi connectivity index (χ2n) is 4.97. The number of pyridine rings is 1. The highest BCUT2D eigenvalue weighted by Crippen LogP contribution is 2.20. The molecule has 0 spiro atoms. The maximum Gasteiger partial charge on any atom is 0.237 e. The predicted octanol–water partition coefficient (Wildman–Crippen LogP) is 0.816. The summed E-state index contributed by atoms with van der Waals surface area (Å²) in [5.41, 5.74) is 7.35. The molecule has 1 unspecified atom stereocenters. The Kier molecular flexibility index (Phi) is 5.03. The Labute approximate surface area is 124 Å². The predicted molar refractivity (Wildman–Crippen MR) is 82.2 cm³/mol. The van der Waals surface area contributed by atoms with Gasteiger partial charge in [0.25, 0.3) is 0 Å². The number of hydrogen-bond donors (Lipinski definition) is 2. The van der Waals surface area contributed by atoms with E-state index in [1.807, 2.05) is 12.1 Å². The van der Waals surface area contributed by atoms with Crippen LogP contribution in [0, 0.1) is 0 Å². The Balaban J connectivity index is 2.19. The van der Waals surface area contributed by atoms with E-state index in [2.05, 4.69) is 15.2 Å². The van der Waals surface area contributed by atoms with Crippen molar-refractivity contribution in [3.8, 4) is 0 Å². The van der Waals surface area contributed by atoms with E-state index in [9.17, 15) is 4.79 Å². The Morgan fingerprint density at radius 1 is 1.60 bits per heavy atom. The average molecular weight is 292 g/mol. The molecule has 20 heavy (non-hydrogen) atoms. The van der Waals surface area contributed by atoms with Crippen molar-refractivity contribution in [3.63, 3.8) is 0 Å². The van der Waals surface area contributed by atoms with Crippen LogP contribution in [0.25, 0.3) is 0 Å². The minimum atomic E-state index is -0.0758. The van der Waals surface area contributed by atoms with Crippen molar-refractivity contribution >= 4 is 23.1 Å². The van der Waals surface area contributed by atoms with E-state index >= 15 is 0 Å². The summed E-state index contributed by atoms with van der Waals surface area (Å²) >= 11 is 5.04. The number of likely N-dealkylation sites (N-methyl/N-ethyl adjacent to an activating group) is 1. The first-order valence-corrected chi connectivity index (χ1v) is 7.23. The number of rotatable bonds is 4. The van der Waals surface area contributed by atoms with Crippen molar-refractivity contribution in [2.24, 2.45) is 5.73 Å². The molecule has 1 aliphatic rings. The molecule has 1 saturated heterocycles. The lowest BCUT2D eigenvalue weighted by Gasteiger charge is -2.34. The average Bonchev–Trinajstić information content (AvgIpc) is 2.47. The van der Waals surface area contributed by atoms with E-state index in [1.54, 1.807) is 13.2 Å². The van der Waals surface area contributed by atoms with Crippen LogP contribution < -0.4 is 11.1 Å². The fourth-order valence-electron chi connectivity index (χ4n) is 2.65. The molecular weight excluding hydrogens is 272 g/mol. The number of hydrogen-bond acceptors (Lipinski definition) is 4. The Morgan fingerprint density at radius 3 is 3.10 bits per heavy atom. The van der Waals surface area contributed by atoms with Gasteiger partial charge in [-0.25, -0.2) is 0 Å². The van der Waals surface area contributed by atoms with E-state index < -0.39 is 0 Å². The number of nitrogens with one attached hydrogen (secondary N) is 1. The lowest BCUT2D eigenvalue weighted by atomic mass is 10.00. The summed E-state index contributed by atoms with van der Waals surface area (Å²) < 4.78 is 0. The van der Waals surface area contributed by atoms with Crippen molar-refractivity contribution in [1.29, 1.82) is 0 Å². The van der Waals surface area contributed by atoms with Gasteiger partial charge in [0.2, 0.25) is 5.91 Å². The third-order valence-corrected chi connectivity index (χ3v) is 3.85. The fraction of sp³-hybridized carbons (Fsp3) is 0.500. The molecule has 1 fully saturated rings. The highest BCUT2D eigenvalue weighted by atomic mass is 32.1. The summed E-state index contributed by atoms with van der Waals surface area (Å²) in [5.74, 6) is 0.0745. The molecule has 1 aliphatic heterocycles. The van der Waals surface area contributed by atoms with E-state index in [-0.39, 0.29) is 11.9 Å². The third kappa shape index (κ3) is 3.32. The second kappa shape index (κ2) is 6.76. The van der Waals surface area contributed by atoms with E-state index in [0.29, 0.717) is 17.2 Å². The molecule has 3 N–H and O–H groups in total. The molecule has 0 bridgehead atoms. The normalized spacial score (nSPS) is 19.6. The van der Waals surface area contributed by atoms with Crippen LogP contribution in [-0.2, 0) is 11.3 Å². The Bertz CT molecular complexity index is 506. The molecule has 108 valence electrons. The van der Waals surface area contributed by atoms with Crippen LogP contribution >= 0.6 is 12.2 Å². The summed E-state index contributed by atoms with van der Waals surface area (Å²) in [6, 6.07) is 3.76. The zero-order chi connectivity index (χ0) is 14.5. The topological polar surface area (TPSA) is 71.2 Å². The van der Waals surface area contributed by atoms with E-state index in [1.165, 1.54) is 0 Å². The van der Waals surface area contributed by atoms with Gasteiger partial charge in [-0.3, -0.25) is 14.7 Å². The molecule has 2 rings (SSSR count). The van der Waals surface area contributed by atoms with Crippen LogP contribution in [0.3, 0.4) is 0 Å². The molecule has 0 aromatic carbocycles. The summed E-state index contributed by atoms with van der Waals surface area (Å²) in [6.07, 6.45) is 4.77. The summed E-state index contributed by atoms with van der Waals surface area (Å²) in [5, 5.41) is 2.74. The van der Waals surface area contributed by atoms with E-state index in [0.717, 1.165) is 31.4 Å². The second-order valence-corrected chi connectivity index (χ2v) is 5.41. The smallest absolute Gasteiger partial charge is 0.237 e. The van der Waals surface area contributed by atoms with Crippen molar-refractivity contribution < 1.29 is 4.79 Å². The molecule has 0 aliphatic carbocycles. The first kappa shape index (κ1) is 14.9. The third-order valence-electron chi connectivity index (χ3n) is 3.66. The fourth-order valence-corrected chi connectivity index (χ4v) is 2.83. The lowest BCUT2D eigenvalue weighted by Crippen LogP contribution is -2.48. The van der Waals surface area contributed by atoms with Gasteiger partial charge >= 0.3 is 0 Å². The summed E-state index contributed by atoms with van der Waals surface area (Å²) in [6.45, 7) is 1.56. The van der Waals surface area contributed by atoms with Crippen molar-refractivity contribution in [2.75, 3.05) is 13.6 Å². The summed E-state index contributed by atoms with van der Waals surface area (Å²) in [4.78, 5) is 18.7. The Morgan fingerprint density at radius 2 is 2.40 bits per heavy atom. The van der Waals surface area contributed by atoms with Gasteiger partial charge in [0.1, 0.15) is 10.7 Å². The SMILES string of the molecule is CNC(=O)C1CCCCN1Cc1cccnc1C(N)=S. The maximum atomic E-state index is 12.0.